The lowest BCUT2D eigenvalue weighted by Gasteiger charge is -2.19. The summed E-state index contributed by atoms with van der Waals surface area (Å²) >= 11 is 0. The summed E-state index contributed by atoms with van der Waals surface area (Å²) in [6.45, 7) is 1.31. The predicted octanol–water partition coefficient (Wildman–Crippen LogP) is 3.39. The molecule has 0 heterocycles. The van der Waals surface area contributed by atoms with Crippen LogP contribution in [0.25, 0.3) is 11.1 Å². The second-order valence-corrected chi connectivity index (χ2v) is 7.46. The second-order valence-electron chi connectivity index (χ2n) is 7.46. The third-order valence-corrected chi connectivity index (χ3v) is 5.73. The van der Waals surface area contributed by atoms with E-state index in [2.05, 4.69) is 10.6 Å². The first-order chi connectivity index (χ1) is 15.1. The summed E-state index contributed by atoms with van der Waals surface area (Å²) in [5, 5.41) is 6.61. The van der Waals surface area contributed by atoms with Crippen LogP contribution in [0.3, 0.4) is 0 Å². The van der Waals surface area contributed by atoms with Crippen molar-refractivity contribution in [3.05, 3.63) is 45.6 Å². The van der Waals surface area contributed by atoms with Crippen LogP contribution in [0.2, 0.25) is 0 Å². The van der Waals surface area contributed by atoms with E-state index >= 15 is 0 Å². The molecule has 0 bridgehead atoms. The van der Waals surface area contributed by atoms with Gasteiger partial charge in [-0.25, -0.2) is 0 Å². The Morgan fingerprint density at radius 2 is 1.81 bits per heavy atom. The molecule has 0 fully saturated rings. The number of aryl methyl sites for hydroxylation is 1. The summed E-state index contributed by atoms with van der Waals surface area (Å²) in [4.78, 5) is 13.0. The molecule has 0 aliphatic heterocycles. The molecule has 1 aliphatic carbocycles. The summed E-state index contributed by atoms with van der Waals surface area (Å²) < 4.78 is 22.1. The van der Waals surface area contributed by atoms with Crippen LogP contribution in [0.5, 0.6) is 17.2 Å². The number of fused-ring (bicyclic) bond motifs is 3. The van der Waals surface area contributed by atoms with Crippen molar-refractivity contribution in [2.24, 2.45) is 0 Å². The summed E-state index contributed by atoms with van der Waals surface area (Å²) in [5.74, 6) is 1.79. The Morgan fingerprint density at radius 3 is 2.45 bits per heavy atom. The monoisotopic (exact) mass is 428 g/mol. The van der Waals surface area contributed by atoms with E-state index in [1.54, 1.807) is 34.5 Å². The van der Waals surface area contributed by atoms with E-state index in [0.29, 0.717) is 36.1 Å². The molecule has 0 aromatic heterocycles. The van der Waals surface area contributed by atoms with Crippen LogP contribution < -0.4 is 30.3 Å². The minimum Gasteiger partial charge on any atom is -0.493 e. The molecule has 2 aromatic carbocycles. The fourth-order valence-corrected chi connectivity index (χ4v) is 4.20. The first-order valence-electron chi connectivity index (χ1n) is 10.5. The molecule has 0 radical (unpaired) electrons. The van der Waals surface area contributed by atoms with Crippen LogP contribution in [0.4, 0.5) is 5.69 Å². The SMILES string of the molecule is CNC1CCc2cc(OC)c(OC)c(OC)c2-c2ccc(NCCCOC)c(=O)cc21. The van der Waals surface area contributed by atoms with Gasteiger partial charge in [0.2, 0.25) is 11.2 Å². The highest BCUT2D eigenvalue weighted by Gasteiger charge is 2.28. The summed E-state index contributed by atoms with van der Waals surface area (Å²) in [5.41, 5.74) is 4.46. The molecule has 2 N–H and O–H groups in total. The van der Waals surface area contributed by atoms with Gasteiger partial charge in [-0.15, -0.1) is 0 Å². The number of rotatable bonds is 9. The van der Waals surface area contributed by atoms with Gasteiger partial charge in [0.15, 0.2) is 11.5 Å². The van der Waals surface area contributed by atoms with E-state index in [1.807, 2.05) is 25.2 Å². The van der Waals surface area contributed by atoms with E-state index in [-0.39, 0.29) is 11.5 Å². The third kappa shape index (κ3) is 4.62. The van der Waals surface area contributed by atoms with Crippen LogP contribution in [-0.2, 0) is 11.2 Å². The zero-order valence-electron chi connectivity index (χ0n) is 19.0. The van der Waals surface area contributed by atoms with Gasteiger partial charge in [-0.2, -0.15) is 0 Å². The van der Waals surface area contributed by atoms with Gasteiger partial charge in [-0.1, -0.05) is 6.07 Å². The molecule has 2 aromatic rings. The molecule has 0 amide bonds. The topological polar surface area (TPSA) is 78.1 Å². The number of ether oxygens (including phenoxy) is 4. The number of anilines is 1. The molecule has 31 heavy (non-hydrogen) atoms. The lowest BCUT2D eigenvalue weighted by molar-refractivity contribution is 0.198. The lowest BCUT2D eigenvalue weighted by Crippen LogP contribution is -2.18. The second kappa shape index (κ2) is 10.5. The Balaban J connectivity index is 2.22. The Morgan fingerprint density at radius 1 is 1.03 bits per heavy atom. The minimum atomic E-state index is -0.0400. The average molecular weight is 429 g/mol. The van der Waals surface area contributed by atoms with Crippen molar-refractivity contribution in [2.75, 3.05) is 54.0 Å². The molecule has 168 valence electrons. The van der Waals surface area contributed by atoms with Crippen molar-refractivity contribution in [3.63, 3.8) is 0 Å². The van der Waals surface area contributed by atoms with E-state index in [0.717, 1.165) is 41.5 Å². The third-order valence-electron chi connectivity index (χ3n) is 5.73. The number of benzene rings is 1. The van der Waals surface area contributed by atoms with Crippen LogP contribution in [0.1, 0.15) is 30.0 Å². The number of methoxy groups -OCH3 is 4. The molecule has 1 aliphatic rings. The summed E-state index contributed by atoms with van der Waals surface area (Å²) in [6.07, 6.45) is 2.47. The Kier molecular flexibility index (Phi) is 7.76. The van der Waals surface area contributed by atoms with Gasteiger partial charge >= 0.3 is 0 Å². The Labute approximate surface area is 183 Å². The fourth-order valence-electron chi connectivity index (χ4n) is 4.20. The Hall–Kier alpha value is -2.77. The van der Waals surface area contributed by atoms with Crippen molar-refractivity contribution in [2.45, 2.75) is 25.3 Å². The maximum Gasteiger partial charge on any atom is 0.203 e. The van der Waals surface area contributed by atoms with Crippen LogP contribution in [-0.4, -0.2) is 48.6 Å². The van der Waals surface area contributed by atoms with Crippen molar-refractivity contribution in [1.82, 2.24) is 5.32 Å². The van der Waals surface area contributed by atoms with Crippen molar-refractivity contribution in [1.29, 1.82) is 0 Å². The van der Waals surface area contributed by atoms with Crippen LogP contribution in [0.15, 0.2) is 29.1 Å². The maximum absolute atomic E-state index is 13.0. The Bertz CT molecular complexity index is 977. The quantitative estimate of drug-likeness (QED) is 0.593. The van der Waals surface area contributed by atoms with Gasteiger partial charge in [0.25, 0.3) is 0 Å². The summed E-state index contributed by atoms with van der Waals surface area (Å²) in [7, 11) is 8.44. The number of hydrogen-bond acceptors (Lipinski definition) is 7. The lowest BCUT2D eigenvalue weighted by atomic mass is 9.95. The normalized spacial score (nSPS) is 14.8. The number of nitrogens with one attached hydrogen (secondary N) is 2. The zero-order chi connectivity index (χ0) is 22.4. The van der Waals surface area contributed by atoms with E-state index in [1.165, 1.54) is 0 Å². The van der Waals surface area contributed by atoms with Crippen molar-refractivity contribution < 1.29 is 18.9 Å². The first-order valence-corrected chi connectivity index (χ1v) is 10.5. The smallest absolute Gasteiger partial charge is 0.203 e. The molecule has 0 spiro atoms. The molecular weight excluding hydrogens is 396 g/mol. The molecule has 0 saturated heterocycles. The predicted molar refractivity (Wildman–Crippen MR) is 123 cm³/mol. The largest absolute Gasteiger partial charge is 0.493 e. The minimum absolute atomic E-state index is 0.0329. The van der Waals surface area contributed by atoms with Gasteiger partial charge < -0.3 is 29.6 Å². The van der Waals surface area contributed by atoms with Crippen molar-refractivity contribution >= 4 is 5.69 Å². The van der Waals surface area contributed by atoms with E-state index < -0.39 is 0 Å². The average Bonchev–Trinajstić information content (AvgIpc) is 3.03. The first kappa shape index (κ1) is 22.9. The van der Waals surface area contributed by atoms with Gasteiger partial charge in [0, 0.05) is 31.9 Å². The van der Waals surface area contributed by atoms with Crippen LogP contribution >= 0.6 is 0 Å². The number of hydrogen-bond donors (Lipinski definition) is 2. The highest BCUT2D eigenvalue weighted by atomic mass is 16.5. The molecule has 1 unspecified atom stereocenters. The molecule has 7 heteroatoms. The maximum atomic E-state index is 13.0. The van der Waals surface area contributed by atoms with Gasteiger partial charge in [-0.3, -0.25) is 4.79 Å². The van der Waals surface area contributed by atoms with Gasteiger partial charge in [-0.05, 0) is 61.2 Å². The fraction of sp³-hybridized carbons (Fsp3) is 0.458. The van der Waals surface area contributed by atoms with Gasteiger partial charge in [0.1, 0.15) is 0 Å². The molecule has 7 nitrogen and oxygen atoms in total. The molecule has 0 saturated carbocycles. The van der Waals surface area contributed by atoms with Crippen molar-refractivity contribution in [3.8, 4) is 28.4 Å². The molecule has 3 rings (SSSR count). The van der Waals surface area contributed by atoms with Crippen LogP contribution in [0, 0.1) is 0 Å². The highest BCUT2D eigenvalue weighted by Crippen LogP contribution is 2.50. The summed E-state index contributed by atoms with van der Waals surface area (Å²) in [6, 6.07) is 7.63. The molecule has 1 atom stereocenters. The highest BCUT2D eigenvalue weighted by molar-refractivity contribution is 5.83. The zero-order valence-corrected chi connectivity index (χ0v) is 19.0. The standard InChI is InChI=1S/C24H32N2O5/c1-25-18-9-7-15-13-21(29-3)23(30-4)24(31-5)22(15)16-8-10-19(20(27)14-17(16)18)26-11-6-12-28-2/h8,10,13-14,18,25H,6-7,9,11-12H2,1-5H3,(H,26,27). The van der Waals surface area contributed by atoms with E-state index in [9.17, 15) is 4.79 Å². The van der Waals surface area contributed by atoms with Gasteiger partial charge in [0.05, 0.1) is 27.0 Å². The van der Waals surface area contributed by atoms with E-state index in [4.69, 9.17) is 18.9 Å². The molecular formula is C24H32N2O5.